The molecule has 0 saturated carbocycles. The average Bonchev–Trinajstić information content (AvgIpc) is 2.35. The molecular formula is C11H16N4O2. The molecule has 1 aliphatic heterocycles. The first kappa shape index (κ1) is 13.0. The molecule has 0 aromatic rings. The van der Waals surface area contributed by atoms with Crippen molar-refractivity contribution in [3.63, 3.8) is 0 Å². The Morgan fingerprint density at radius 3 is 2.18 bits per heavy atom. The lowest BCUT2D eigenvalue weighted by Crippen LogP contribution is -2.50. The summed E-state index contributed by atoms with van der Waals surface area (Å²) in [6.07, 6.45) is 1.39. The maximum absolute atomic E-state index is 11.9. The van der Waals surface area contributed by atoms with Gasteiger partial charge in [-0.25, -0.2) is 0 Å². The Morgan fingerprint density at radius 1 is 1.24 bits per heavy atom. The standard InChI is InChI=1S/C11H16N4O2/c1-9(16)14-3-5-15(6-4-14)11(17)10(7-12)8-13-2/h8,13H,3-6H2,1-2H3/b10-8-. The van der Waals surface area contributed by atoms with Gasteiger partial charge in [-0.2, -0.15) is 5.26 Å². The van der Waals surface area contributed by atoms with E-state index >= 15 is 0 Å². The van der Waals surface area contributed by atoms with E-state index in [1.165, 1.54) is 13.1 Å². The van der Waals surface area contributed by atoms with Crippen molar-refractivity contribution in [1.82, 2.24) is 15.1 Å². The van der Waals surface area contributed by atoms with Gasteiger partial charge < -0.3 is 15.1 Å². The molecule has 1 aliphatic rings. The molecule has 6 nitrogen and oxygen atoms in total. The molecule has 1 N–H and O–H groups in total. The number of piperazine rings is 1. The number of carbonyl (C=O) groups excluding carboxylic acids is 2. The van der Waals surface area contributed by atoms with Gasteiger partial charge in [0.15, 0.2) is 0 Å². The van der Waals surface area contributed by atoms with Crippen LogP contribution in [0.1, 0.15) is 6.92 Å². The van der Waals surface area contributed by atoms with Crippen LogP contribution < -0.4 is 5.32 Å². The fourth-order valence-electron chi connectivity index (χ4n) is 1.68. The Bertz CT molecular complexity index is 375. The summed E-state index contributed by atoms with van der Waals surface area (Å²) in [6.45, 7) is 3.51. The fraction of sp³-hybridized carbons (Fsp3) is 0.545. The highest BCUT2D eigenvalue weighted by Crippen LogP contribution is 2.06. The molecule has 0 aromatic heterocycles. The quantitative estimate of drug-likeness (QED) is 0.508. The maximum atomic E-state index is 11.9. The van der Waals surface area contributed by atoms with Crippen molar-refractivity contribution in [2.24, 2.45) is 0 Å². The van der Waals surface area contributed by atoms with E-state index in [1.807, 2.05) is 6.07 Å². The van der Waals surface area contributed by atoms with Gasteiger partial charge in [-0.1, -0.05) is 0 Å². The highest BCUT2D eigenvalue weighted by molar-refractivity contribution is 5.97. The van der Waals surface area contributed by atoms with Crippen LogP contribution in [0.2, 0.25) is 0 Å². The Kier molecular flexibility index (Phi) is 4.52. The van der Waals surface area contributed by atoms with Crippen LogP contribution in [-0.4, -0.2) is 54.8 Å². The molecule has 17 heavy (non-hydrogen) atoms. The van der Waals surface area contributed by atoms with Crippen molar-refractivity contribution >= 4 is 11.8 Å². The van der Waals surface area contributed by atoms with Gasteiger partial charge in [-0.05, 0) is 0 Å². The maximum Gasteiger partial charge on any atom is 0.266 e. The highest BCUT2D eigenvalue weighted by Gasteiger charge is 2.24. The van der Waals surface area contributed by atoms with Crippen molar-refractivity contribution in [3.8, 4) is 6.07 Å². The minimum Gasteiger partial charge on any atom is -0.393 e. The van der Waals surface area contributed by atoms with E-state index < -0.39 is 0 Å². The zero-order chi connectivity index (χ0) is 12.8. The molecule has 0 aromatic carbocycles. The molecule has 1 heterocycles. The van der Waals surface area contributed by atoms with E-state index in [4.69, 9.17) is 5.26 Å². The summed E-state index contributed by atoms with van der Waals surface area (Å²) < 4.78 is 0. The SMILES string of the molecule is CN/C=C(/C#N)C(=O)N1CCN(C(C)=O)CC1. The van der Waals surface area contributed by atoms with Gasteiger partial charge in [0.1, 0.15) is 11.6 Å². The molecule has 0 unspecified atom stereocenters. The highest BCUT2D eigenvalue weighted by atomic mass is 16.2. The van der Waals surface area contributed by atoms with Crippen molar-refractivity contribution in [2.75, 3.05) is 33.2 Å². The number of nitrogens with zero attached hydrogens (tertiary/aromatic N) is 3. The Balaban J connectivity index is 2.60. The van der Waals surface area contributed by atoms with Gasteiger partial charge in [0.25, 0.3) is 5.91 Å². The molecule has 92 valence electrons. The first-order valence-electron chi connectivity index (χ1n) is 5.42. The minimum absolute atomic E-state index is 0.0170. The van der Waals surface area contributed by atoms with Crippen LogP contribution in [0.3, 0.4) is 0 Å². The van der Waals surface area contributed by atoms with Crippen LogP contribution in [0.15, 0.2) is 11.8 Å². The second kappa shape index (κ2) is 5.89. The lowest BCUT2D eigenvalue weighted by Gasteiger charge is -2.34. The summed E-state index contributed by atoms with van der Waals surface area (Å²) >= 11 is 0. The van der Waals surface area contributed by atoms with Gasteiger partial charge in [0.05, 0.1) is 0 Å². The Hall–Kier alpha value is -2.03. The first-order chi connectivity index (χ1) is 8.10. The Labute approximate surface area is 100 Å². The van der Waals surface area contributed by atoms with E-state index in [0.29, 0.717) is 26.2 Å². The van der Waals surface area contributed by atoms with Gasteiger partial charge in [0.2, 0.25) is 5.91 Å². The number of hydrogen-bond acceptors (Lipinski definition) is 4. The zero-order valence-electron chi connectivity index (χ0n) is 10.1. The fourth-order valence-corrected chi connectivity index (χ4v) is 1.68. The molecule has 6 heteroatoms. The van der Waals surface area contributed by atoms with Crippen LogP contribution in [0.25, 0.3) is 0 Å². The summed E-state index contributed by atoms with van der Waals surface area (Å²) in [4.78, 5) is 26.3. The van der Waals surface area contributed by atoms with Crippen LogP contribution in [0.5, 0.6) is 0 Å². The van der Waals surface area contributed by atoms with Crippen LogP contribution in [0.4, 0.5) is 0 Å². The minimum atomic E-state index is -0.287. The molecule has 0 atom stereocenters. The summed E-state index contributed by atoms with van der Waals surface area (Å²) in [5.74, 6) is -0.270. The second-order valence-corrected chi connectivity index (χ2v) is 3.76. The van der Waals surface area contributed by atoms with Crippen molar-refractivity contribution in [2.45, 2.75) is 6.92 Å². The number of nitriles is 1. The Morgan fingerprint density at radius 2 is 1.76 bits per heavy atom. The predicted octanol–water partition coefficient (Wildman–Crippen LogP) is -0.696. The molecule has 1 saturated heterocycles. The summed E-state index contributed by atoms with van der Waals surface area (Å²) in [5, 5.41) is 11.5. The number of amides is 2. The normalized spacial score (nSPS) is 16.4. The molecule has 1 fully saturated rings. The van der Waals surface area contributed by atoms with Gasteiger partial charge in [0, 0.05) is 46.4 Å². The zero-order valence-corrected chi connectivity index (χ0v) is 10.1. The van der Waals surface area contributed by atoms with Crippen molar-refractivity contribution in [1.29, 1.82) is 5.26 Å². The number of nitrogens with one attached hydrogen (secondary N) is 1. The first-order valence-corrected chi connectivity index (χ1v) is 5.42. The summed E-state index contributed by atoms with van der Waals surface area (Å²) in [7, 11) is 1.64. The average molecular weight is 236 g/mol. The molecule has 0 radical (unpaired) electrons. The lowest BCUT2D eigenvalue weighted by molar-refractivity contribution is -0.136. The number of hydrogen-bond donors (Lipinski definition) is 1. The van der Waals surface area contributed by atoms with E-state index in [2.05, 4.69) is 5.32 Å². The van der Waals surface area contributed by atoms with E-state index in [1.54, 1.807) is 16.8 Å². The molecule has 2 amide bonds. The lowest BCUT2D eigenvalue weighted by atomic mass is 10.2. The molecule has 0 spiro atoms. The molecular weight excluding hydrogens is 220 g/mol. The number of rotatable bonds is 2. The number of carbonyl (C=O) groups is 2. The van der Waals surface area contributed by atoms with Crippen molar-refractivity contribution in [3.05, 3.63) is 11.8 Å². The van der Waals surface area contributed by atoms with Crippen molar-refractivity contribution < 1.29 is 9.59 Å². The largest absolute Gasteiger partial charge is 0.393 e. The smallest absolute Gasteiger partial charge is 0.266 e. The molecule has 1 rings (SSSR count). The van der Waals surface area contributed by atoms with E-state index in [-0.39, 0.29) is 17.4 Å². The van der Waals surface area contributed by atoms with E-state index in [0.717, 1.165) is 0 Å². The third kappa shape index (κ3) is 3.21. The van der Waals surface area contributed by atoms with Crippen LogP contribution in [-0.2, 0) is 9.59 Å². The predicted molar refractivity (Wildman–Crippen MR) is 61.6 cm³/mol. The third-order valence-electron chi connectivity index (χ3n) is 2.65. The monoisotopic (exact) mass is 236 g/mol. The topological polar surface area (TPSA) is 76.4 Å². The van der Waals surface area contributed by atoms with Gasteiger partial charge in [-0.15, -0.1) is 0 Å². The molecule has 0 aliphatic carbocycles. The third-order valence-corrected chi connectivity index (χ3v) is 2.65. The molecule has 0 bridgehead atoms. The van der Waals surface area contributed by atoms with Crippen LogP contribution in [0, 0.1) is 11.3 Å². The van der Waals surface area contributed by atoms with Gasteiger partial charge >= 0.3 is 0 Å². The van der Waals surface area contributed by atoms with Gasteiger partial charge in [-0.3, -0.25) is 9.59 Å². The second-order valence-electron chi connectivity index (χ2n) is 3.76. The summed E-state index contributed by atoms with van der Waals surface area (Å²) in [6, 6.07) is 1.86. The van der Waals surface area contributed by atoms with E-state index in [9.17, 15) is 9.59 Å². The summed E-state index contributed by atoms with van der Waals surface area (Å²) in [5.41, 5.74) is 0.0868. The van der Waals surface area contributed by atoms with Crippen LogP contribution >= 0.6 is 0 Å².